The van der Waals surface area contributed by atoms with Crippen LogP contribution < -0.4 is 5.32 Å². The molecule has 0 aromatic rings. The number of amides is 2. The van der Waals surface area contributed by atoms with Gasteiger partial charge in [0.05, 0.1) is 7.11 Å². The Morgan fingerprint density at radius 3 is 2.32 bits per heavy atom. The molecule has 0 spiro atoms. The van der Waals surface area contributed by atoms with Crippen molar-refractivity contribution in [2.24, 2.45) is 17.8 Å². The first kappa shape index (κ1) is 15.8. The second-order valence-corrected chi connectivity index (χ2v) is 5.98. The second kappa shape index (κ2) is 6.78. The topological polar surface area (TPSA) is 58.6 Å². The highest BCUT2D eigenvalue weighted by Gasteiger charge is 2.32. The largest absolute Gasteiger partial charge is 0.453 e. The lowest BCUT2D eigenvalue weighted by Gasteiger charge is -2.39. The maximum atomic E-state index is 11.8. The number of hydrogen-bond acceptors (Lipinski definition) is 3. The fourth-order valence-corrected chi connectivity index (χ4v) is 2.37. The number of nitrogens with zero attached hydrogens (tertiary/aromatic N) is 1. The maximum Gasteiger partial charge on any atom is 0.409 e. The summed E-state index contributed by atoms with van der Waals surface area (Å²) in [4.78, 5) is 25.2. The molecule has 19 heavy (non-hydrogen) atoms. The zero-order chi connectivity index (χ0) is 14.6. The van der Waals surface area contributed by atoms with Gasteiger partial charge in [-0.05, 0) is 18.3 Å². The number of piperidine rings is 1. The van der Waals surface area contributed by atoms with Crippen molar-refractivity contribution in [1.82, 2.24) is 10.2 Å². The van der Waals surface area contributed by atoms with E-state index in [-0.39, 0.29) is 24.0 Å². The Bertz CT molecular complexity index is 329. The summed E-state index contributed by atoms with van der Waals surface area (Å²) in [6.45, 7) is 9.28. The molecule has 0 aliphatic carbocycles. The number of carbonyl (C=O) groups is 2. The van der Waals surface area contributed by atoms with Crippen molar-refractivity contribution in [1.29, 1.82) is 0 Å². The third-order valence-electron chi connectivity index (χ3n) is 3.73. The average molecular weight is 270 g/mol. The average Bonchev–Trinajstić information content (AvgIpc) is 2.37. The highest BCUT2D eigenvalue weighted by Crippen LogP contribution is 2.24. The lowest BCUT2D eigenvalue weighted by Crippen LogP contribution is -2.54. The summed E-state index contributed by atoms with van der Waals surface area (Å²) in [5, 5.41) is 3.02. The fourth-order valence-electron chi connectivity index (χ4n) is 2.37. The molecule has 5 nitrogen and oxygen atoms in total. The van der Waals surface area contributed by atoms with Crippen molar-refractivity contribution >= 4 is 12.0 Å². The summed E-state index contributed by atoms with van der Waals surface area (Å²) in [6, 6.07) is 0.0233. The molecule has 1 aliphatic rings. The van der Waals surface area contributed by atoms with E-state index in [0.29, 0.717) is 24.9 Å². The molecule has 5 heteroatoms. The van der Waals surface area contributed by atoms with Crippen LogP contribution in [0.5, 0.6) is 0 Å². The van der Waals surface area contributed by atoms with Crippen LogP contribution in [0.4, 0.5) is 4.79 Å². The zero-order valence-electron chi connectivity index (χ0n) is 12.6. The Kier molecular flexibility index (Phi) is 5.63. The number of methoxy groups -OCH3 is 1. The molecule has 0 radical (unpaired) electrons. The Labute approximate surface area is 115 Å². The van der Waals surface area contributed by atoms with Gasteiger partial charge in [-0.15, -0.1) is 0 Å². The predicted octanol–water partition coefficient (Wildman–Crippen LogP) is 1.87. The van der Waals surface area contributed by atoms with E-state index in [4.69, 9.17) is 4.74 Å². The SMILES string of the molecule is COC(=O)N1CC(NC(=O)C(C)C)CC(C(C)C)C1. The van der Waals surface area contributed by atoms with Gasteiger partial charge in [0.15, 0.2) is 0 Å². The Balaban J connectivity index is 2.70. The molecule has 1 saturated heterocycles. The van der Waals surface area contributed by atoms with Crippen LogP contribution in [0.3, 0.4) is 0 Å². The number of hydrogen-bond donors (Lipinski definition) is 1. The van der Waals surface area contributed by atoms with E-state index in [0.717, 1.165) is 6.42 Å². The quantitative estimate of drug-likeness (QED) is 0.851. The first-order valence-electron chi connectivity index (χ1n) is 6.98. The van der Waals surface area contributed by atoms with E-state index < -0.39 is 0 Å². The molecule has 2 atom stereocenters. The van der Waals surface area contributed by atoms with E-state index in [1.807, 2.05) is 13.8 Å². The molecule has 2 amide bonds. The molecule has 1 rings (SSSR count). The third-order valence-corrected chi connectivity index (χ3v) is 3.73. The maximum absolute atomic E-state index is 11.8. The van der Waals surface area contributed by atoms with Crippen LogP contribution in [0.15, 0.2) is 0 Å². The monoisotopic (exact) mass is 270 g/mol. The Hall–Kier alpha value is -1.26. The molecule has 0 aromatic heterocycles. The fraction of sp³-hybridized carbons (Fsp3) is 0.857. The van der Waals surface area contributed by atoms with Gasteiger partial charge in [0.25, 0.3) is 0 Å². The summed E-state index contributed by atoms with van der Waals surface area (Å²) < 4.78 is 4.79. The normalized spacial score (nSPS) is 23.6. The van der Waals surface area contributed by atoms with Crippen LogP contribution in [0, 0.1) is 17.8 Å². The van der Waals surface area contributed by atoms with Crippen molar-refractivity contribution < 1.29 is 14.3 Å². The van der Waals surface area contributed by atoms with Crippen LogP contribution in [0.1, 0.15) is 34.1 Å². The van der Waals surface area contributed by atoms with E-state index >= 15 is 0 Å². The minimum absolute atomic E-state index is 0.0233. The molecule has 1 fully saturated rings. The molecule has 2 unspecified atom stereocenters. The highest BCUT2D eigenvalue weighted by atomic mass is 16.5. The zero-order valence-corrected chi connectivity index (χ0v) is 12.6. The summed E-state index contributed by atoms with van der Waals surface area (Å²) in [6.07, 6.45) is 0.609. The van der Waals surface area contributed by atoms with Crippen LogP contribution in [-0.2, 0) is 9.53 Å². The van der Waals surface area contributed by atoms with Gasteiger partial charge in [0, 0.05) is 25.0 Å². The molecule has 1 heterocycles. The molecule has 0 saturated carbocycles. The molecule has 1 N–H and O–H groups in total. The molecule has 1 aliphatic heterocycles. The van der Waals surface area contributed by atoms with Gasteiger partial charge in [0.2, 0.25) is 5.91 Å². The molecule has 0 bridgehead atoms. The second-order valence-electron chi connectivity index (χ2n) is 5.98. The van der Waals surface area contributed by atoms with Crippen LogP contribution in [-0.4, -0.2) is 43.1 Å². The number of ether oxygens (including phenoxy) is 1. The predicted molar refractivity (Wildman–Crippen MR) is 73.7 cm³/mol. The van der Waals surface area contributed by atoms with E-state index in [1.54, 1.807) is 4.90 Å². The Morgan fingerprint density at radius 1 is 1.21 bits per heavy atom. The van der Waals surface area contributed by atoms with E-state index in [9.17, 15) is 9.59 Å². The molecule has 110 valence electrons. The third kappa shape index (κ3) is 4.40. The van der Waals surface area contributed by atoms with Gasteiger partial charge in [-0.25, -0.2) is 4.79 Å². The van der Waals surface area contributed by atoms with Crippen molar-refractivity contribution in [2.75, 3.05) is 20.2 Å². The molecular formula is C14H26N2O3. The van der Waals surface area contributed by atoms with Crippen molar-refractivity contribution in [3.05, 3.63) is 0 Å². The number of nitrogens with one attached hydrogen (secondary N) is 1. The molecular weight excluding hydrogens is 244 g/mol. The standard InChI is InChI=1S/C14H26N2O3/c1-9(2)11-6-12(15-13(17)10(3)4)8-16(7-11)14(18)19-5/h9-12H,6-8H2,1-5H3,(H,15,17). The Morgan fingerprint density at radius 2 is 1.84 bits per heavy atom. The van der Waals surface area contributed by atoms with E-state index in [2.05, 4.69) is 19.2 Å². The minimum atomic E-state index is -0.311. The number of likely N-dealkylation sites (tertiary alicyclic amines) is 1. The summed E-state index contributed by atoms with van der Waals surface area (Å²) >= 11 is 0. The summed E-state index contributed by atoms with van der Waals surface area (Å²) in [5.74, 6) is 0.876. The minimum Gasteiger partial charge on any atom is -0.453 e. The highest BCUT2D eigenvalue weighted by molar-refractivity contribution is 5.78. The van der Waals surface area contributed by atoms with Gasteiger partial charge in [-0.2, -0.15) is 0 Å². The smallest absolute Gasteiger partial charge is 0.409 e. The van der Waals surface area contributed by atoms with Crippen LogP contribution >= 0.6 is 0 Å². The van der Waals surface area contributed by atoms with Crippen LogP contribution in [0.25, 0.3) is 0 Å². The lowest BCUT2D eigenvalue weighted by atomic mass is 9.85. The van der Waals surface area contributed by atoms with Crippen LogP contribution in [0.2, 0.25) is 0 Å². The van der Waals surface area contributed by atoms with Gasteiger partial charge in [-0.1, -0.05) is 27.7 Å². The lowest BCUT2D eigenvalue weighted by molar-refractivity contribution is -0.125. The first-order chi connectivity index (χ1) is 8.85. The first-order valence-corrected chi connectivity index (χ1v) is 6.98. The van der Waals surface area contributed by atoms with Crippen molar-refractivity contribution in [2.45, 2.75) is 40.2 Å². The summed E-state index contributed by atoms with van der Waals surface area (Å²) in [5.41, 5.74) is 0. The summed E-state index contributed by atoms with van der Waals surface area (Å²) in [7, 11) is 1.39. The number of rotatable bonds is 3. The van der Waals surface area contributed by atoms with Crippen molar-refractivity contribution in [3.8, 4) is 0 Å². The van der Waals surface area contributed by atoms with Gasteiger partial charge >= 0.3 is 6.09 Å². The number of carbonyl (C=O) groups excluding carboxylic acids is 2. The van der Waals surface area contributed by atoms with Crippen molar-refractivity contribution in [3.63, 3.8) is 0 Å². The van der Waals surface area contributed by atoms with Gasteiger partial charge < -0.3 is 15.0 Å². The van der Waals surface area contributed by atoms with Gasteiger partial charge in [-0.3, -0.25) is 4.79 Å². The molecule has 0 aromatic carbocycles. The van der Waals surface area contributed by atoms with Gasteiger partial charge in [0.1, 0.15) is 0 Å². The van der Waals surface area contributed by atoms with E-state index in [1.165, 1.54) is 7.11 Å².